The number of hydrogen-bond donors (Lipinski definition) is 2. The minimum Gasteiger partial charge on any atom is -0.324 e. The average molecular weight is 262 g/mol. The van der Waals surface area contributed by atoms with Crippen LogP contribution in [-0.4, -0.2) is 10.9 Å². The molecule has 18 heavy (non-hydrogen) atoms. The smallest absolute Gasteiger partial charge is 0.245 e. The zero-order valence-electron chi connectivity index (χ0n) is 9.51. The number of nitrogens with one attached hydrogen (secondary N) is 1. The summed E-state index contributed by atoms with van der Waals surface area (Å²) in [5.74, 6) is -0.288. The van der Waals surface area contributed by atoms with Gasteiger partial charge in [-0.15, -0.1) is 0 Å². The van der Waals surface area contributed by atoms with E-state index in [0.717, 1.165) is 5.56 Å². The number of benzene rings is 1. The van der Waals surface area contributed by atoms with Crippen molar-refractivity contribution in [2.24, 2.45) is 5.73 Å². The maximum absolute atomic E-state index is 11.9. The second-order valence-corrected chi connectivity index (χ2v) is 4.13. The van der Waals surface area contributed by atoms with E-state index in [1.54, 1.807) is 12.1 Å². The molecule has 0 aliphatic carbocycles. The molecule has 0 spiro atoms. The Morgan fingerprint density at radius 1 is 1.28 bits per heavy atom. The van der Waals surface area contributed by atoms with Gasteiger partial charge in [-0.05, 0) is 17.7 Å². The van der Waals surface area contributed by atoms with Gasteiger partial charge in [0.1, 0.15) is 11.2 Å². The van der Waals surface area contributed by atoms with Gasteiger partial charge in [0.05, 0.1) is 0 Å². The third-order valence-corrected chi connectivity index (χ3v) is 2.64. The number of carbonyl (C=O) groups excluding carboxylic acids is 1. The van der Waals surface area contributed by atoms with Crippen LogP contribution in [0, 0.1) is 0 Å². The molecule has 0 aliphatic rings. The Morgan fingerprint density at radius 3 is 2.67 bits per heavy atom. The van der Waals surface area contributed by atoms with E-state index in [1.807, 2.05) is 30.3 Å². The lowest BCUT2D eigenvalue weighted by Gasteiger charge is -2.12. The van der Waals surface area contributed by atoms with E-state index in [9.17, 15) is 4.79 Å². The highest BCUT2D eigenvalue weighted by Gasteiger charge is 2.15. The molecule has 0 radical (unpaired) electrons. The molecule has 0 saturated carbocycles. The van der Waals surface area contributed by atoms with Crippen molar-refractivity contribution in [2.75, 3.05) is 5.32 Å². The Morgan fingerprint density at radius 2 is 2.00 bits per heavy atom. The molecule has 0 fully saturated rings. The van der Waals surface area contributed by atoms with Gasteiger partial charge in [0.25, 0.3) is 0 Å². The highest BCUT2D eigenvalue weighted by atomic mass is 35.5. The first-order chi connectivity index (χ1) is 8.66. The van der Waals surface area contributed by atoms with Crippen LogP contribution >= 0.6 is 11.6 Å². The fourth-order valence-corrected chi connectivity index (χ4v) is 1.69. The van der Waals surface area contributed by atoms with Gasteiger partial charge in [-0.2, -0.15) is 0 Å². The van der Waals surface area contributed by atoms with Crippen LogP contribution in [0.2, 0.25) is 5.15 Å². The molecule has 1 aromatic carbocycles. The molecular formula is C13H12ClN3O. The molecule has 92 valence electrons. The summed E-state index contributed by atoms with van der Waals surface area (Å²) in [5.41, 5.74) is 7.20. The number of hydrogen-bond acceptors (Lipinski definition) is 3. The summed E-state index contributed by atoms with van der Waals surface area (Å²) in [7, 11) is 0. The summed E-state index contributed by atoms with van der Waals surface area (Å²) >= 11 is 5.73. The number of nitrogens with two attached hydrogens (primary N) is 1. The summed E-state index contributed by atoms with van der Waals surface area (Å²) in [5, 5.41) is 3.01. The summed E-state index contributed by atoms with van der Waals surface area (Å²) in [6.45, 7) is 0. The molecule has 0 saturated heterocycles. The molecule has 1 amide bonds. The number of rotatable bonds is 3. The molecular weight excluding hydrogens is 250 g/mol. The number of pyridine rings is 1. The van der Waals surface area contributed by atoms with Crippen molar-refractivity contribution in [2.45, 2.75) is 6.04 Å². The molecule has 0 aliphatic heterocycles. The van der Waals surface area contributed by atoms with Crippen molar-refractivity contribution in [3.05, 3.63) is 59.4 Å². The Balaban J connectivity index is 2.09. The Bertz CT molecular complexity index is 545. The van der Waals surface area contributed by atoms with Crippen molar-refractivity contribution in [1.29, 1.82) is 0 Å². The van der Waals surface area contributed by atoms with Gasteiger partial charge in [0.2, 0.25) is 5.91 Å². The van der Waals surface area contributed by atoms with E-state index >= 15 is 0 Å². The molecule has 1 atom stereocenters. The second kappa shape index (κ2) is 5.62. The zero-order valence-corrected chi connectivity index (χ0v) is 10.3. The molecule has 1 unspecified atom stereocenters. The first-order valence-corrected chi connectivity index (χ1v) is 5.77. The van der Waals surface area contributed by atoms with Crippen molar-refractivity contribution >= 4 is 23.2 Å². The predicted molar refractivity (Wildman–Crippen MR) is 71.2 cm³/mol. The fourth-order valence-electron chi connectivity index (χ4n) is 1.51. The van der Waals surface area contributed by atoms with Gasteiger partial charge in [-0.25, -0.2) is 4.98 Å². The summed E-state index contributed by atoms with van der Waals surface area (Å²) < 4.78 is 0. The lowest BCUT2D eigenvalue weighted by Crippen LogP contribution is -2.27. The number of aromatic nitrogens is 1. The molecule has 4 nitrogen and oxygen atoms in total. The Kier molecular flexibility index (Phi) is 3.92. The zero-order chi connectivity index (χ0) is 13.0. The van der Waals surface area contributed by atoms with Crippen LogP contribution in [0.3, 0.4) is 0 Å². The van der Waals surface area contributed by atoms with Crippen molar-refractivity contribution in [1.82, 2.24) is 4.98 Å². The quantitative estimate of drug-likeness (QED) is 0.834. The minimum atomic E-state index is -0.710. The van der Waals surface area contributed by atoms with Crippen LogP contribution in [-0.2, 0) is 4.79 Å². The molecule has 1 heterocycles. The Hall–Kier alpha value is -1.91. The summed E-state index contributed by atoms with van der Waals surface area (Å²) in [4.78, 5) is 15.8. The molecule has 1 aromatic heterocycles. The van der Waals surface area contributed by atoms with Crippen molar-refractivity contribution in [3.63, 3.8) is 0 Å². The monoisotopic (exact) mass is 261 g/mol. The number of amides is 1. The van der Waals surface area contributed by atoms with Crippen LogP contribution in [0.25, 0.3) is 0 Å². The van der Waals surface area contributed by atoms with Crippen LogP contribution in [0.5, 0.6) is 0 Å². The Labute approximate surface area is 110 Å². The van der Waals surface area contributed by atoms with E-state index in [-0.39, 0.29) is 5.91 Å². The van der Waals surface area contributed by atoms with Crippen LogP contribution in [0.1, 0.15) is 11.6 Å². The van der Waals surface area contributed by atoms with Gasteiger partial charge in [0.15, 0.2) is 0 Å². The van der Waals surface area contributed by atoms with E-state index in [1.165, 1.54) is 6.20 Å². The third-order valence-electron chi connectivity index (χ3n) is 2.44. The van der Waals surface area contributed by atoms with E-state index in [2.05, 4.69) is 10.3 Å². The normalized spacial score (nSPS) is 11.9. The van der Waals surface area contributed by atoms with Crippen LogP contribution < -0.4 is 11.1 Å². The predicted octanol–water partition coefficient (Wildman–Crippen LogP) is 2.37. The van der Waals surface area contributed by atoms with Crippen molar-refractivity contribution < 1.29 is 4.79 Å². The minimum absolute atomic E-state index is 0.288. The first kappa shape index (κ1) is 12.5. The van der Waals surface area contributed by atoms with Crippen molar-refractivity contribution in [3.8, 4) is 0 Å². The second-order valence-electron chi connectivity index (χ2n) is 3.74. The lowest BCUT2D eigenvalue weighted by molar-refractivity contribution is -0.117. The van der Waals surface area contributed by atoms with Gasteiger partial charge in [0, 0.05) is 11.9 Å². The average Bonchev–Trinajstić information content (AvgIpc) is 2.39. The lowest BCUT2D eigenvalue weighted by atomic mass is 10.1. The largest absolute Gasteiger partial charge is 0.324 e. The molecule has 5 heteroatoms. The summed E-state index contributed by atoms with van der Waals surface area (Å²) in [6.07, 6.45) is 1.52. The number of anilines is 1. The van der Waals surface area contributed by atoms with Gasteiger partial charge < -0.3 is 11.1 Å². The maximum atomic E-state index is 11.9. The van der Waals surface area contributed by atoms with E-state index in [0.29, 0.717) is 10.8 Å². The van der Waals surface area contributed by atoms with E-state index in [4.69, 9.17) is 17.3 Å². The fraction of sp³-hybridized carbons (Fsp3) is 0.0769. The van der Waals surface area contributed by atoms with E-state index < -0.39 is 6.04 Å². The first-order valence-electron chi connectivity index (χ1n) is 5.40. The molecule has 0 bridgehead atoms. The van der Waals surface area contributed by atoms with Crippen LogP contribution in [0.15, 0.2) is 48.7 Å². The van der Waals surface area contributed by atoms with Crippen LogP contribution in [0.4, 0.5) is 5.69 Å². The number of nitrogens with zero attached hydrogens (tertiary/aromatic N) is 1. The topological polar surface area (TPSA) is 68.0 Å². The SMILES string of the molecule is NC(C(=O)Nc1ccnc(Cl)c1)c1ccccc1. The standard InChI is InChI=1S/C13H12ClN3O/c14-11-8-10(6-7-16-11)17-13(18)12(15)9-4-2-1-3-5-9/h1-8,12H,15H2,(H,16,17,18). The molecule has 3 N–H and O–H groups in total. The highest BCUT2D eigenvalue weighted by Crippen LogP contribution is 2.15. The molecule has 2 rings (SSSR count). The van der Waals surface area contributed by atoms with Gasteiger partial charge in [-0.3, -0.25) is 4.79 Å². The van der Waals surface area contributed by atoms with Gasteiger partial charge in [-0.1, -0.05) is 41.9 Å². The number of halogens is 1. The van der Waals surface area contributed by atoms with Gasteiger partial charge >= 0.3 is 0 Å². The number of carbonyl (C=O) groups is 1. The third kappa shape index (κ3) is 3.06. The molecule has 2 aromatic rings. The highest BCUT2D eigenvalue weighted by molar-refractivity contribution is 6.29. The maximum Gasteiger partial charge on any atom is 0.245 e. The summed E-state index contributed by atoms with van der Waals surface area (Å²) in [6, 6.07) is 11.7.